The number of para-hydroxylation sites is 2. The van der Waals surface area contributed by atoms with Crippen LogP contribution in [0.5, 0.6) is 23.1 Å². The second-order valence-electron chi connectivity index (χ2n) is 7.08. The highest BCUT2D eigenvalue weighted by Gasteiger charge is 2.13. The molecule has 7 nitrogen and oxygen atoms in total. The number of halogens is 1. The molecule has 2 aromatic carbocycles. The maximum absolute atomic E-state index is 6.16. The van der Waals surface area contributed by atoms with Gasteiger partial charge in [0, 0.05) is 18.0 Å². The van der Waals surface area contributed by atoms with Gasteiger partial charge >= 0.3 is 0 Å². The predicted molar refractivity (Wildman–Crippen MR) is 143 cm³/mol. The van der Waals surface area contributed by atoms with E-state index < -0.39 is 0 Å². The Labute approximate surface area is 212 Å². The number of nitrogens with zero attached hydrogens (tertiary/aromatic N) is 2. The van der Waals surface area contributed by atoms with Crippen LogP contribution in [0.2, 0.25) is 0 Å². The number of ether oxygens (including phenoxy) is 3. The number of hydrogen-bond acceptors (Lipinski definition) is 5. The number of anilines is 1. The summed E-state index contributed by atoms with van der Waals surface area (Å²) in [6, 6.07) is 15.4. The minimum atomic E-state index is 0. The maximum atomic E-state index is 6.16. The lowest BCUT2D eigenvalue weighted by Gasteiger charge is -2.15. The number of nitrogens with two attached hydrogens (primary N) is 1. The standard InChI is InChI=1S/C25H30N4O3.HI/c1-5-18-9-7-10-19(6-2)23(18)29-25(26)28-16-17-13-14-22(27-15-17)32-24-20(30-3)11-8-12-21(24)31-4;/h7-15H,5-6,16H2,1-4H3,(H3,26,28,29);1H. The van der Waals surface area contributed by atoms with Crippen LogP contribution in [-0.4, -0.2) is 25.2 Å². The zero-order valence-electron chi connectivity index (χ0n) is 19.4. The first-order valence-corrected chi connectivity index (χ1v) is 10.6. The SMILES string of the molecule is CCc1cccc(CC)c1NC(N)=NCc1ccc(Oc2c(OC)cccc2OC)nc1.I. The average molecular weight is 562 g/mol. The van der Waals surface area contributed by atoms with Crippen molar-refractivity contribution in [3.05, 3.63) is 71.4 Å². The summed E-state index contributed by atoms with van der Waals surface area (Å²) in [5, 5.41) is 3.28. The highest BCUT2D eigenvalue weighted by molar-refractivity contribution is 14.0. The van der Waals surface area contributed by atoms with Crippen molar-refractivity contribution in [2.24, 2.45) is 10.7 Å². The number of hydrogen-bond donors (Lipinski definition) is 2. The molecule has 0 saturated heterocycles. The van der Waals surface area contributed by atoms with Crippen molar-refractivity contribution >= 4 is 35.6 Å². The number of aryl methyl sites for hydroxylation is 2. The number of benzene rings is 2. The first kappa shape index (κ1) is 26.2. The van der Waals surface area contributed by atoms with E-state index in [1.807, 2.05) is 12.1 Å². The monoisotopic (exact) mass is 562 g/mol. The second-order valence-corrected chi connectivity index (χ2v) is 7.08. The Bertz CT molecular complexity index is 1030. The number of methoxy groups -OCH3 is 2. The molecule has 8 heteroatoms. The molecule has 0 saturated carbocycles. The average Bonchev–Trinajstić information content (AvgIpc) is 2.83. The van der Waals surface area contributed by atoms with Gasteiger partial charge in [-0.05, 0) is 41.7 Å². The summed E-state index contributed by atoms with van der Waals surface area (Å²) in [4.78, 5) is 8.85. The Kier molecular flexibility index (Phi) is 10.2. The number of guanidine groups is 1. The zero-order chi connectivity index (χ0) is 22.9. The van der Waals surface area contributed by atoms with Crippen molar-refractivity contribution in [3.8, 4) is 23.1 Å². The van der Waals surface area contributed by atoms with Crippen LogP contribution >= 0.6 is 24.0 Å². The van der Waals surface area contributed by atoms with E-state index >= 15 is 0 Å². The van der Waals surface area contributed by atoms with E-state index in [-0.39, 0.29) is 24.0 Å². The van der Waals surface area contributed by atoms with Crippen molar-refractivity contribution in [3.63, 3.8) is 0 Å². The Morgan fingerprint density at radius 2 is 1.55 bits per heavy atom. The molecule has 0 amide bonds. The van der Waals surface area contributed by atoms with Crippen LogP contribution < -0.4 is 25.3 Å². The fraction of sp³-hybridized carbons (Fsp3) is 0.280. The second kappa shape index (κ2) is 12.9. The van der Waals surface area contributed by atoms with Crippen LogP contribution in [0.25, 0.3) is 0 Å². The Morgan fingerprint density at radius 3 is 2.06 bits per heavy atom. The van der Waals surface area contributed by atoms with E-state index in [9.17, 15) is 0 Å². The topological polar surface area (TPSA) is 91.0 Å². The van der Waals surface area contributed by atoms with Crippen LogP contribution in [0.4, 0.5) is 5.69 Å². The first-order valence-electron chi connectivity index (χ1n) is 10.6. The Hall–Kier alpha value is -3.01. The van der Waals surface area contributed by atoms with Gasteiger partial charge in [0.15, 0.2) is 17.5 Å². The van der Waals surface area contributed by atoms with Gasteiger partial charge in [-0.25, -0.2) is 9.98 Å². The van der Waals surface area contributed by atoms with Crippen molar-refractivity contribution in [2.75, 3.05) is 19.5 Å². The maximum Gasteiger partial charge on any atom is 0.219 e. The molecule has 176 valence electrons. The van der Waals surface area contributed by atoms with E-state index in [1.165, 1.54) is 11.1 Å². The lowest BCUT2D eigenvalue weighted by atomic mass is 10.0. The van der Waals surface area contributed by atoms with Crippen LogP contribution in [0.15, 0.2) is 59.7 Å². The van der Waals surface area contributed by atoms with Crippen molar-refractivity contribution in [1.29, 1.82) is 0 Å². The Morgan fingerprint density at radius 1 is 0.939 bits per heavy atom. The van der Waals surface area contributed by atoms with E-state index in [0.717, 1.165) is 24.1 Å². The van der Waals surface area contributed by atoms with Gasteiger partial charge in [0.25, 0.3) is 0 Å². The molecule has 3 rings (SSSR count). The zero-order valence-corrected chi connectivity index (χ0v) is 21.8. The third-order valence-corrected chi connectivity index (χ3v) is 5.07. The third kappa shape index (κ3) is 6.74. The Balaban J connectivity index is 0.00000385. The fourth-order valence-electron chi connectivity index (χ4n) is 3.33. The van der Waals surface area contributed by atoms with Gasteiger partial charge in [0.05, 0.1) is 20.8 Å². The molecule has 33 heavy (non-hydrogen) atoms. The minimum absolute atomic E-state index is 0. The molecule has 0 atom stereocenters. The van der Waals surface area contributed by atoms with Crippen LogP contribution in [0.3, 0.4) is 0 Å². The lowest BCUT2D eigenvalue weighted by molar-refractivity contribution is 0.342. The molecule has 0 radical (unpaired) electrons. The third-order valence-electron chi connectivity index (χ3n) is 5.07. The number of pyridine rings is 1. The molecule has 0 aliphatic carbocycles. The largest absolute Gasteiger partial charge is 0.493 e. The molecule has 3 aromatic rings. The van der Waals surface area contributed by atoms with E-state index in [0.29, 0.717) is 35.6 Å². The van der Waals surface area contributed by atoms with E-state index in [2.05, 4.69) is 47.3 Å². The summed E-state index contributed by atoms with van der Waals surface area (Å²) in [6.07, 6.45) is 3.56. The molecule has 0 aliphatic rings. The van der Waals surface area contributed by atoms with Gasteiger partial charge in [0.2, 0.25) is 11.6 Å². The molecule has 0 spiro atoms. The van der Waals surface area contributed by atoms with Gasteiger partial charge in [0.1, 0.15) is 0 Å². The van der Waals surface area contributed by atoms with Crippen LogP contribution in [0, 0.1) is 0 Å². The van der Waals surface area contributed by atoms with Crippen molar-refractivity contribution in [2.45, 2.75) is 33.2 Å². The summed E-state index contributed by atoms with van der Waals surface area (Å²) in [5.74, 6) is 2.41. The summed E-state index contributed by atoms with van der Waals surface area (Å²) < 4.78 is 16.6. The van der Waals surface area contributed by atoms with Gasteiger partial charge < -0.3 is 25.3 Å². The molecule has 0 fully saturated rings. The molecule has 1 aromatic heterocycles. The lowest BCUT2D eigenvalue weighted by Crippen LogP contribution is -2.24. The predicted octanol–water partition coefficient (Wildman–Crippen LogP) is 5.56. The van der Waals surface area contributed by atoms with Crippen molar-refractivity contribution in [1.82, 2.24) is 4.98 Å². The molecule has 3 N–H and O–H groups in total. The summed E-state index contributed by atoms with van der Waals surface area (Å²) in [5.41, 5.74) is 10.6. The number of aromatic nitrogens is 1. The van der Waals surface area contributed by atoms with E-state index in [4.69, 9.17) is 19.9 Å². The smallest absolute Gasteiger partial charge is 0.219 e. The summed E-state index contributed by atoms with van der Waals surface area (Å²) in [6.45, 7) is 4.66. The summed E-state index contributed by atoms with van der Waals surface area (Å²) in [7, 11) is 3.16. The minimum Gasteiger partial charge on any atom is -0.493 e. The van der Waals surface area contributed by atoms with Crippen LogP contribution in [0.1, 0.15) is 30.5 Å². The molecule has 0 aliphatic heterocycles. The van der Waals surface area contributed by atoms with Gasteiger partial charge in [-0.2, -0.15) is 0 Å². The molecule has 0 bridgehead atoms. The molecular formula is C25H31IN4O3. The first-order chi connectivity index (χ1) is 15.6. The highest BCUT2D eigenvalue weighted by Crippen LogP contribution is 2.39. The normalized spacial score (nSPS) is 10.8. The molecular weight excluding hydrogens is 531 g/mol. The summed E-state index contributed by atoms with van der Waals surface area (Å²) >= 11 is 0. The number of rotatable bonds is 9. The van der Waals surface area contributed by atoms with Gasteiger partial charge in [-0.1, -0.05) is 44.2 Å². The van der Waals surface area contributed by atoms with Crippen LogP contribution in [-0.2, 0) is 19.4 Å². The van der Waals surface area contributed by atoms with Gasteiger partial charge in [-0.15, -0.1) is 24.0 Å². The fourth-order valence-corrected chi connectivity index (χ4v) is 3.33. The van der Waals surface area contributed by atoms with E-state index in [1.54, 1.807) is 38.6 Å². The molecule has 0 unspecified atom stereocenters. The van der Waals surface area contributed by atoms with Gasteiger partial charge in [-0.3, -0.25) is 0 Å². The van der Waals surface area contributed by atoms with Crippen molar-refractivity contribution < 1.29 is 14.2 Å². The number of nitrogens with one attached hydrogen (secondary N) is 1. The highest BCUT2D eigenvalue weighted by atomic mass is 127. The quantitative estimate of drug-likeness (QED) is 0.202. The number of aliphatic imine (C=N–C) groups is 1. The molecule has 1 heterocycles.